The van der Waals surface area contributed by atoms with Crippen molar-refractivity contribution in [2.75, 3.05) is 19.0 Å². The minimum Gasteiger partial charge on any atom is -0.490 e. The molecule has 0 saturated heterocycles. The first-order valence-electron chi connectivity index (χ1n) is 5.90. The van der Waals surface area contributed by atoms with Crippen molar-refractivity contribution in [3.63, 3.8) is 0 Å². The van der Waals surface area contributed by atoms with Crippen molar-refractivity contribution in [1.82, 2.24) is 0 Å². The van der Waals surface area contributed by atoms with Crippen molar-refractivity contribution in [3.8, 4) is 5.75 Å². The fourth-order valence-electron chi connectivity index (χ4n) is 1.75. The number of nitrogens with zero attached hydrogens (tertiary/aromatic N) is 1. The summed E-state index contributed by atoms with van der Waals surface area (Å²) in [6.45, 7) is 0.720. The number of thiophene rings is 1. The Balaban J connectivity index is 1.97. The third kappa shape index (κ3) is 3.61. The van der Waals surface area contributed by atoms with Gasteiger partial charge in [-0.15, -0.1) is 11.3 Å². The molecule has 2 rings (SSSR count). The quantitative estimate of drug-likeness (QED) is 0.647. The van der Waals surface area contributed by atoms with Crippen molar-refractivity contribution >= 4 is 34.3 Å². The number of ether oxygens (including phenoxy) is 1. The van der Waals surface area contributed by atoms with Crippen LogP contribution in [0.3, 0.4) is 0 Å². The van der Waals surface area contributed by atoms with Gasteiger partial charge in [0.15, 0.2) is 5.75 Å². The molecule has 0 aliphatic heterocycles. The standard InChI is InChI=1S/C13H13ClN2O3S/c1-19-12-8-9(2-4-11(12)16(17)18)15-7-6-10-3-5-13(14)20-10/h2-5,8,15H,6-7H2,1H3. The van der Waals surface area contributed by atoms with Gasteiger partial charge in [-0.3, -0.25) is 10.1 Å². The highest BCUT2D eigenvalue weighted by Crippen LogP contribution is 2.29. The summed E-state index contributed by atoms with van der Waals surface area (Å²) in [5.41, 5.74) is 0.748. The number of hydrogen-bond donors (Lipinski definition) is 1. The van der Waals surface area contributed by atoms with E-state index in [4.69, 9.17) is 16.3 Å². The average Bonchev–Trinajstić information content (AvgIpc) is 2.84. The molecule has 5 nitrogen and oxygen atoms in total. The Morgan fingerprint density at radius 3 is 2.80 bits per heavy atom. The first-order chi connectivity index (χ1) is 9.60. The smallest absolute Gasteiger partial charge is 0.311 e. The summed E-state index contributed by atoms with van der Waals surface area (Å²) in [6.07, 6.45) is 0.844. The van der Waals surface area contributed by atoms with Crippen molar-refractivity contribution in [1.29, 1.82) is 0 Å². The van der Waals surface area contributed by atoms with E-state index in [1.807, 2.05) is 12.1 Å². The highest BCUT2D eigenvalue weighted by molar-refractivity contribution is 7.16. The summed E-state index contributed by atoms with van der Waals surface area (Å²) in [6, 6.07) is 8.59. The van der Waals surface area contributed by atoms with Gasteiger partial charge in [-0.25, -0.2) is 0 Å². The van der Waals surface area contributed by atoms with Gasteiger partial charge in [0.05, 0.1) is 16.4 Å². The van der Waals surface area contributed by atoms with Gasteiger partial charge in [0.25, 0.3) is 0 Å². The molecule has 0 radical (unpaired) electrons. The number of nitro groups is 1. The Morgan fingerprint density at radius 1 is 1.40 bits per heavy atom. The zero-order valence-corrected chi connectivity index (χ0v) is 12.3. The maximum Gasteiger partial charge on any atom is 0.311 e. The molecule has 0 spiro atoms. The van der Waals surface area contributed by atoms with Crippen LogP contribution in [0.2, 0.25) is 4.34 Å². The number of hydrogen-bond acceptors (Lipinski definition) is 5. The molecule has 1 N–H and O–H groups in total. The van der Waals surface area contributed by atoms with Gasteiger partial charge in [0.2, 0.25) is 0 Å². The molecule has 1 heterocycles. The van der Waals surface area contributed by atoms with Crippen LogP contribution < -0.4 is 10.1 Å². The Bertz CT molecular complexity index is 615. The zero-order valence-electron chi connectivity index (χ0n) is 10.8. The van der Waals surface area contributed by atoms with Crippen LogP contribution in [0.15, 0.2) is 30.3 Å². The molecule has 0 unspecified atom stereocenters. The van der Waals surface area contributed by atoms with E-state index in [1.54, 1.807) is 23.5 Å². The van der Waals surface area contributed by atoms with Gasteiger partial charge >= 0.3 is 5.69 Å². The van der Waals surface area contributed by atoms with Crippen molar-refractivity contribution in [2.45, 2.75) is 6.42 Å². The van der Waals surface area contributed by atoms with E-state index >= 15 is 0 Å². The van der Waals surface area contributed by atoms with E-state index in [-0.39, 0.29) is 11.4 Å². The Morgan fingerprint density at radius 2 is 2.20 bits per heavy atom. The monoisotopic (exact) mass is 312 g/mol. The van der Waals surface area contributed by atoms with Crippen LogP contribution in [0.4, 0.5) is 11.4 Å². The summed E-state index contributed by atoms with van der Waals surface area (Å²) >= 11 is 7.41. The number of nitrogens with one attached hydrogen (secondary N) is 1. The summed E-state index contributed by atoms with van der Waals surface area (Å²) in [5.74, 6) is 0.249. The summed E-state index contributed by atoms with van der Waals surface area (Å²) < 4.78 is 5.79. The normalized spacial score (nSPS) is 10.3. The molecule has 7 heteroatoms. The number of methoxy groups -OCH3 is 1. The van der Waals surface area contributed by atoms with E-state index in [2.05, 4.69) is 5.32 Å². The molecular weight excluding hydrogens is 300 g/mol. The van der Waals surface area contributed by atoms with Crippen molar-refractivity contribution < 1.29 is 9.66 Å². The van der Waals surface area contributed by atoms with Crippen LogP contribution in [-0.4, -0.2) is 18.6 Å². The van der Waals surface area contributed by atoms with Gasteiger partial charge in [-0.1, -0.05) is 11.6 Å². The van der Waals surface area contributed by atoms with E-state index in [0.29, 0.717) is 0 Å². The average molecular weight is 313 g/mol. The summed E-state index contributed by atoms with van der Waals surface area (Å²) in [5, 5.41) is 14.0. The lowest BCUT2D eigenvalue weighted by Gasteiger charge is -2.07. The second-order valence-corrected chi connectivity index (χ2v) is 5.83. The number of anilines is 1. The summed E-state index contributed by atoms with van der Waals surface area (Å²) in [4.78, 5) is 11.5. The van der Waals surface area contributed by atoms with Gasteiger partial charge in [0.1, 0.15) is 0 Å². The van der Waals surface area contributed by atoms with E-state index in [9.17, 15) is 10.1 Å². The SMILES string of the molecule is COc1cc(NCCc2ccc(Cl)s2)ccc1[N+](=O)[O-]. The molecule has 20 heavy (non-hydrogen) atoms. The summed E-state index contributed by atoms with van der Waals surface area (Å²) in [7, 11) is 1.42. The third-order valence-electron chi connectivity index (χ3n) is 2.71. The van der Waals surface area contributed by atoms with Crippen LogP contribution in [0.1, 0.15) is 4.88 Å². The number of nitro benzene ring substituents is 1. The Hall–Kier alpha value is -1.79. The highest BCUT2D eigenvalue weighted by Gasteiger charge is 2.14. The molecule has 0 amide bonds. The molecule has 106 valence electrons. The first-order valence-corrected chi connectivity index (χ1v) is 7.10. The van der Waals surface area contributed by atoms with Crippen LogP contribution >= 0.6 is 22.9 Å². The Labute approximate surface area is 125 Å². The molecule has 0 bridgehead atoms. The van der Waals surface area contributed by atoms with Crippen LogP contribution in [0.25, 0.3) is 0 Å². The number of halogens is 1. The molecule has 1 aromatic carbocycles. The lowest BCUT2D eigenvalue weighted by Crippen LogP contribution is -2.04. The zero-order chi connectivity index (χ0) is 14.5. The fourth-order valence-corrected chi connectivity index (χ4v) is 2.84. The molecule has 2 aromatic rings. The van der Waals surface area contributed by atoms with E-state index < -0.39 is 4.92 Å². The maximum absolute atomic E-state index is 10.8. The van der Waals surface area contributed by atoms with Crippen molar-refractivity contribution in [3.05, 3.63) is 49.7 Å². The van der Waals surface area contributed by atoms with Crippen molar-refractivity contribution in [2.24, 2.45) is 0 Å². The molecule has 1 aromatic heterocycles. The van der Waals surface area contributed by atoms with E-state index in [1.165, 1.54) is 18.1 Å². The second-order valence-electron chi connectivity index (χ2n) is 4.03. The van der Waals surface area contributed by atoms with Gasteiger partial charge in [-0.2, -0.15) is 0 Å². The minimum atomic E-state index is -0.462. The highest BCUT2D eigenvalue weighted by atomic mass is 35.5. The Kier molecular flexibility index (Phi) is 4.81. The van der Waals surface area contributed by atoms with Gasteiger partial charge in [-0.05, 0) is 24.6 Å². The molecule has 0 fully saturated rings. The van der Waals surface area contributed by atoms with Crippen LogP contribution in [0.5, 0.6) is 5.75 Å². The predicted octanol–water partition coefficient (Wildman–Crippen LogP) is 3.97. The third-order valence-corrected chi connectivity index (χ3v) is 4.00. The van der Waals surface area contributed by atoms with Crippen LogP contribution in [0, 0.1) is 10.1 Å². The fraction of sp³-hybridized carbons (Fsp3) is 0.231. The molecule has 0 atom stereocenters. The molecule has 0 aliphatic carbocycles. The van der Waals surface area contributed by atoms with Gasteiger partial charge in [0, 0.05) is 29.2 Å². The lowest BCUT2D eigenvalue weighted by atomic mass is 10.2. The largest absolute Gasteiger partial charge is 0.490 e. The minimum absolute atomic E-state index is 0.0388. The predicted molar refractivity (Wildman–Crippen MR) is 81.2 cm³/mol. The van der Waals surface area contributed by atoms with Crippen LogP contribution in [-0.2, 0) is 6.42 Å². The molecular formula is C13H13ClN2O3S. The topological polar surface area (TPSA) is 64.4 Å². The second kappa shape index (κ2) is 6.58. The first kappa shape index (κ1) is 14.6. The van der Waals surface area contributed by atoms with Gasteiger partial charge < -0.3 is 10.1 Å². The molecule has 0 saturated carbocycles. The number of rotatable bonds is 6. The number of benzene rings is 1. The molecule has 0 aliphatic rings. The van der Waals surface area contributed by atoms with E-state index in [0.717, 1.165) is 23.0 Å². The maximum atomic E-state index is 10.8. The lowest BCUT2D eigenvalue weighted by molar-refractivity contribution is -0.385.